The number of nitrogens with zero attached hydrogens (tertiary/aromatic N) is 2. The van der Waals surface area contributed by atoms with Crippen LogP contribution in [0.15, 0.2) is 59.5 Å². The van der Waals surface area contributed by atoms with Crippen LogP contribution < -0.4 is 29.6 Å². The van der Waals surface area contributed by atoms with Gasteiger partial charge < -0.3 is 29.7 Å². The van der Waals surface area contributed by atoms with Crippen molar-refractivity contribution in [2.45, 2.75) is 145 Å². The summed E-state index contributed by atoms with van der Waals surface area (Å²) in [6.07, 6.45) is 3.28. The largest absolute Gasteiger partial charge is 0.454 e. The fraction of sp³-hybridized carbons (Fsp3) is 0.562. The average Bonchev–Trinajstić information content (AvgIpc) is 4.13. The van der Waals surface area contributed by atoms with E-state index in [2.05, 4.69) is 20.1 Å². The number of benzene rings is 3. The Hall–Kier alpha value is -5.47. The third-order valence-corrected chi connectivity index (χ3v) is 17.7. The van der Waals surface area contributed by atoms with Gasteiger partial charge in [0.2, 0.25) is 44.6 Å². The lowest BCUT2D eigenvalue weighted by Crippen LogP contribution is -2.62. The third kappa shape index (κ3) is 9.59. The van der Waals surface area contributed by atoms with Gasteiger partial charge in [0.1, 0.15) is 29.8 Å². The van der Waals surface area contributed by atoms with Crippen LogP contribution in [0.1, 0.15) is 103 Å². The van der Waals surface area contributed by atoms with Crippen molar-refractivity contribution in [3.05, 3.63) is 65.7 Å². The summed E-state index contributed by atoms with van der Waals surface area (Å²) in [5.74, 6) is -2.61. The Kier molecular flexibility index (Phi) is 12.7. The molecule has 6 aliphatic rings. The van der Waals surface area contributed by atoms with Gasteiger partial charge in [0.15, 0.2) is 11.5 Å². The predicted octanol–water partition coefficient (Wildman–Crippen LogP) is 4.34. The molecule has 9 rings (SSSR count). The van der Waals surface area contributed by atoms with Crippen LogP contribution in [0.4, 0.5) is 4.79 Å². The van der Waals surface area contributed by atoms with Gasteiger partial charge in [-0.05, 0) is 95.5 Å². The Morgan fingerprint density at radius 2 is 1.53 bits per heavy atom. The monoisotopic (exact) mass is 976 g/mol. The minimum absolute atomic E-state index is 0.0122. The molecule has 0 bridgehead atoms. The maximum atomic E-state index is 15.2. The zero-order chi connectivity index (χ0) is 48.3. The van der Waals surface area contributed by atoms with Gasteiger partial charge in [0.05, 0.1) is 16.7 Å². The van der Waals surface area contributed by atoms with Crippen molar-refractivity contribution in [3.63, 3.8) is 0 Å². The first-order valence-electron chi connectivity index (χ1n) is 23.6. The second kappa shape index (κ2) is 18.1. The lowest BCUT2D eigenvalue weighted by molar-refractivity contribution is -0.145. The number of likely N-dealkylation sites (tertiary alicyclic amines) is 1. The second-order valence-corrected chi connectivity index (χ2v) is 24.0. The summed E-state index contributed by atoms with van der Waals surface area (Å²) >= 11 is 0. The number of carbonyl (C=O) groups excluding carboxylic acids is 5. The lowest BCUT2D eigenvalue weighted by Gasteiger charge is -2.37. The number of rotatable bonds is 14. The van der Waals surface area contributed by atoms with Crippen molar-refractivity contribution in [2.24, 2.45) is 17.3 Å². The van der Waals surface area contributed by atoms with Crippen molar-refractivity contribution in [2.75, 3.05) is 13.3 Å². The standard InChI is InChI=1S/C48H60N6O12S2/c1-5-33-23-48(33,45(58)52-67(60,61)35-17-18-35)50-42(55)37-22-34(66-46(59)53-24-31-20-38-39(65-27-64-38)21-32(31)25-53)26-54(37)44(57)41(47(2,3)4)49-43(56)40(29-12-7-6-8-13-29)51-68(62,63)36-16-15-28-11-9-10-14-30(28)19-36/h9-11,14-16,19-21,29,33-35,37,40-41,51H,5-8,12-13,17-18,22-27H2,1-4H3,(H,49,56)(H,50,55)(H,52,58)/t33-,34+,37?,40-,41+,48-/m0/s1. The van der Waals surface area contributed by atoms with E-state index in [-0.39, 0.29) is 56.0 Å². The molecule has 18 nitrogen and oxygen atoms in total. The van der Waals surface area contributed by atoms with Gasteiger partial charge in [0, 0.05) is 19.5 Å². The Labute approximate surface area is 396 Å². The normalized spacial score (nSPS) is 24.5. The summed E-state index contributed by atoms with van der Waals surface area (Å²) in [5, 5.41) is 6.61. The van der Waals surface area contributed by atoms with Crippen molar-refractivity contribution in [1.82, 2.24) is 29.9 Å². The molecule has 3 saturated carbocycles. The van der Waals surface area contributed by atoms with Crippen LogP contribution in [0.5, 0.6) is 11.5 Å². The van der Waals surface area contributed by atoms with Crippen LogP contribution in [0.3, 0.4) is 0 Å². The Morgan fingerprint density at radius 1 is 0.868 bits per heavy atom. The molecule has 3 aliphatic heterocycles. The molecule has 4 fully saturated rings. The van der Waals surface area contributed by atoms with Gasteiger partial charge in [-0.3, -0.25) is 28.8 Å². The molecular weight excluding hydrogens is 917 g/mol. The molecule has 68 heavy (non-hydrogen) atoms. The van der Waals surface area contributed by atoms with Gasteiger partial charge in [-0.2, -0.15) is 4.72 Å². The zero-order valence-corrected chi connectivity index (χ0v) is 40.4. The van der Waals surface area contributed by atoms with Gasteiger partial charge in [-0.25, -0.2) is 21.6 Å². The third-order valence-electron chi connectivity index (χ3n) is 14.5. The van der Waals surface area contributed by atoms with E-state index in [0.717, 1.165) is 35.8 Å². The zero-order valence-electron chi connectivity index (χ0n) is 38.7. The lowest BCUT2D eigenvalue weighted by atomic mass is 9.82. The van der Waals surface area contributed by atoms with Crippen molar-refractivity contribution in [1.29, 1.82) is 0 Å². The van der Waals surface area contributed by atoms with Crippen LogP contribution in [-0.2, 0) is 57.1 Å². The predicted molar refractivity (Wildman–Crippen MR) is 248 cm³/mol. The topological polar surface area (TPSA) is 236 Å². The minimum atomic E-state index is -4.25. The Morgan fingerprint density at radius 3 is 2.15 bits per heavy atom. The van der Waals surface area contributed by atoms with Crippen LogP contribution in [0.25, 0.3) is 10.8 Å². The fourth-order valence-electron chi connectivity index (χ4n) is 10.3. The molecule has 1 saturated heterocycles. The minimum Gasteiger partial charge on any atom is -0.454 e. The van der Waals surface area contributed by atoms with Crippen molar-refractivity contribution in [3.8, 4) is 11.5 Å². The van der Waals surface area contributed by atoms with Crippen LogP contribution in [0, 0.1) is 17.3 Å². The number of hydrogen-bond donors (Lipinski definition) is 4. The van der Waals surface area contributed by atoms with Gasteiger partial charge in [0.25, 0.3) is 5.91 Å². The molecule has 6 atom stereocenters. The van der Waals surface area contributed by atoms with Crippen LogP contribution >= 0.6 is 0 Å². The van der Waals surface area contributed by atoms with Gasteiger partial charge in [-0.15, -0.1) is 0 Å². The highest BCUT2D eigenvalue weighted by atomic mass is 32.2. The Bertz CT molecular complexity index is 2720. The first kappa shape index (κ1) is 47.6. The number of nitrogens with one attached hydrogen (secondary N) is 4. The molecule has 0 radical (unpaired) electrons. The molecule has 1 unspecified atom stereocenters. The highest BCUT2D eigenvalue weighted by molar-refractivity contribution is 7.91. The molecule has 20 heteroatoms. The molecule has 4 N–H and O–H groups in total. The van der Waals surface area contributed by atoms with Crippen LogP contribution in [0.2, 0.25) is 0 Å². The summed E-state index contributed by atoms with van der Waals surface area (Å²) in [5.41, 5.74) is -0.861. The van der Waals surface area contributed by atoms with Crippen molar-refractivity contribution >= 4 is 60.5 Å². The molecule has 3 aromatic carbocycles. The van der Waals surface area contributed by atoms with E-state index in [9.17, 15) is 36.0 Å². The van der Waals surface area contributed by atoms with E-state index in [0.29, 0.717) is 49.0 Å². The average molecular weight is 977 g/mol. The highest BCUT2D eigenvalue weighted by Crippen LogP contribution is 2.47. The van der Waals surface area contributed by atoms with E-state index in [4.69, 9.17) is 14.2 Å². The number of ether oxygens (including phenoxy) is 3. The maximum Gasteiger partial charge on any atom is 0.410 e. The molecular formula is C48H60N6O12S2. The number of sulfonamides is 2. The summed E-state index contributed by atoms with van der Waals surface area (Å²) in [6, 6.07) is 11.8. The smallest absolute Gasteiger partial charge is 0.410 e. The van der Waals surface area contributed by atoms with Gasteiger partial charge in [-0.1, -0.05) is 83.7 Å². The van der Waals surface area contributed by atoms with E-state index < -0.39 is 90.2 Å². The SMILES string of the molecule is CC[C@H]1C[C@@]1(NC(=O)C1C[C@@H](OC(=O)N2Cc3cc4c(cc3C2)OCO4)CN1C(=O)[C@@H](NC(=O)[C@@H](NS(=O)(=O)c1ccc2ccccc2c1)C1CCCCC1)C(C)(C)C)C(=O)NS(=O)(=O)C1CC1. The number of carbonyl (C=O) groups is 5. The van der Waals surface area contributed by atoms with E-state index in [1.807, 2.05) is 37.3 Å². The summed E-state index contributed by atoms with van der Waals surface area (Å²) in [7, 11) is -8.21. The Balaban J connectivity index is 0.974. The summed E-state index contributed by atoms with van der Waals surface area (Å²) in [4.78, 5) is 74.8. The first-order chi connectivity index (χ1) is 32.3. The summed E-state index contributed by atoms with van der Waals surface area (Å²) < 4.78 is 76.0. The molecule has 3 aliphatic carbocycles. The molecule has 366 valence electrons. The molecule has 3 aromatic rings. The van der Waals surface area contributed by atoms with E-state index >= 15 is 4.79 Å². The fourth-order valence-corrected chi connectivity index (χ4v) is 12.9. The maximum absolute atomic E-state index is 15.2. The quantitative estimate of drug-likeness (QED) is 0.177. The first-order valence-corrected chi connectivity index (χ1v) is 26.7. The molecule has 5 amide bonds. The molecule has 0 aromatic heterocycles. The second-order valence-electron chi connectivity index (χ2n) is 20.3. The van der Waals surface area contributed by atoms with E-state index in [1.54, 1.807) is 39.0 Å². The van der Waals surface area contributed by atoms with Crippen LogP contribution in [-0.4, -0.2) is 105 Å². The summed E-state index contributed by atoms with van der Waals surface area (Å²) in [6.45, 7) is 7.32. The van der Waals surface area contributed by atoms with Gasteiger partial charge >= 0.3 is 6.09 Å². The molecule has 0 spiro atoms. The highest BCUT2D eigenvalue weighted by Gasteiger charge is 2.62. The number of hydrogen-bond acceptors (Lipinski definition) is 12. The number of amides is 5. The number of fused-ring (bicyclic) bond motifs is 3. The van der Waals surface area contributed by atoms with E-state index in [1.165, 1.54) is 15.9 Å². The van der Waals surface area contributed by atoms with Crippen molar-refractivity contribution < 1.29 is 55.0 Å². The molecule has 3 heterocycles.